The molecule has 6 rings (SSSR count). The van der Waals surface area contributed by atoms with Crippen molar-refractivity contribution in [1.82, 2.24) is 0 Å². The van der Waals surface area contributed by atoms with Gasteiger partial charge in [0.25, 0.3) is 0 Å². The van der Waals surface area contributed by atoms with Crippen LogP contribution in [0.25, 0.3) is 0 Å². The Balaban J connectivity index is 1.76. The molecule has 15 heavy (non-hydrogen) atoms. The number of halogens is 1. The molecule has 6 saturated carbocycles. The first-order chi connectivity index (χ1) is 6.93. The maximum absolute atomic E-state index is 11.3. The second-order valence-electron chi connectivity index (χ2n) is 5.89. The van der Waals surface area contributed by atoms with E-state index in [1.165, 1.54) is 0 Å². The molecule has 4 atom stereocenters. The second-order valence-corrected chi connectivity index (χ2v) is 7.20. The highest BCUT2D eigenvalue weighted by molar-refractivity contribution is 9.10. The fraction of sp³-hybridized carbons (Fsp3) is 0.900. The molecular weight excluding hydrogens is 264 g/mol. The minimum Gasteiger partial charge on any atom is -0.481 e. The van der Waals surface area contributed by atoms with Gasteiger partial charge in [-0.1, -0.05) is 15.9 Å². The maximum Gasteiger partial charge on any atom is 0.310 e. The van der Waals surface area contributed by atoms with Gasteiger partial charge in [-0.3, -0.25) is 4.79 Å². The topological polar surface area (TPSA) is 77.8 Å². The summed E-state index contributed by atoms with van der Waals surface area (Å²) < 4.78 is -0.568. The van der Waals surface area contributed by atoms with Gasteiger partial charge in [0.1, 0.15) is 0 Å². The van der Waals surface area contributed by atoms with Crippen LogP contribution in [0.15, 0.2) is 0 Å². The van der Waals surface area contributed by atoms with Crippen molar-refractivity contribution in [3.05, 3.63) is 0 Å². The van der Waals surface area contributed by atoms with Gasteiger partial charge in [-0.2, -0.15) is 0 Å². The number of aliphatic carboxylic acids is 1. The van der Waals surface area contributed by atoms with Crippen molar-refractivity contribution >= 4 is 21.9 Å². The van der Waals surface area contributed by atoms with Crippen molar-refractivity contribution in [2.24, 2.45) is 40.9 Å². The molecule has 4 nitrogen and oxygen atoms in total. The third kappa shape index (κ3) is 0.349. The molecular formula is C10H9BrO4. The van der Waals surface area contributed by atoms with Gasteiger partial charge in [0.15, 0.2) is 5.79 Å². The van der Waals surface area contributed by atoms with E-state index in [9.17, 15) is 20.1 Å². The van der Waals surface area contributed by atoms with Crippen LogP contribution in [0.3, 0.4) is 0 Å². The summed E-state index contributed by atoms with van der Waals surface area (Å²) >= 11 is 3.49. The molecule has 80 valence electrons. The first kappa shape index (κ1) is 8.03. The Labute approximate surface area is 93.4 Å². The first-order valence-electron chi connectivity index (χ1n) is 5.30. The summed E-state index contributed by atoms with van der Waals surface area (Å²) in [5.41, 5.74) is -0.551. The summed E-state index contributed by atoms with van der Waals surface area (Å²) in [7, 11) is 0. The Bertz CT molecular complexity index is 438. The van der Waals surface area contributed by atoms with E-state index < -0.39 is 21.5 Å². The highest BCUT2D eigenvalue weighted by atomic mass is 79.9. The maximum atomic E-state index is 11.3. The summed E-state index contributed by atoms with van der Waals surface area (Å²) in [4.78, 5) is 11.3. The Kier molecular flexibility index (Phi) is 0.814. The van der Waals surface area contributed by atoms with Crippen LogP contribution in [0, 0.1) is 40.9 Å². The van der Waals surface area contributed by atoms with Crippen molar-refractivity contribution in [3.8, 4) is 0 Å². The van der Waals surface area contributed by atoms with E-state index >= 15 is 0 Å². The van der Waals surface area contributed by atoms with Crippen molar-refractivity contribution < 1.29 is 20.1 Å². The van der Waals surface area contributed by atoms with E-state index in [4.69, 9.17) is 0 Å². The van der Waals surface area contributed by atoms with Crippen molar-refractivity contribution in [2.45, 2.75) is 10.1 Å². The molecule has 0 aromatic carbocycles. The zero-order valence-electron chi connectivity index (χ0n) is 7.59. The lowest BCUT2D eigenvalue weighted by atomic mass is 9.13. The van der Waals surface area contributed by atoms with Gasteiger partial charge in [-0.05, 0) is 29.6 Å². The van der Waals surface area contributed by atoms with Crippen LogP contribution >= 0.6 is 15.9 Å². The lowest BCUT2D eigenvalue weighted by molar-refractivity contribution is -0.421. The third-order valence-electron chi connectivity index (χ3n) is 6.35. The number of rotatable bonds is 1. The van der Waals surface area contributed by atoms with Crippen LogP contribution in [0.1, 0.15) is 0 Å². The molecule has 6 aliphatic carbocycles. The Hall–Kier alpha value is -0.130. The van der Waals surface area contributed by atoms with Gasteiger partial charge in [0, 0.05) is 5.92 Å². The highest BCUT2D eigenvalue weighted by Crippen LogP contribution is 3.03. The van der Waals surface area contributed by atoms with E-state index in [1.54, 1.807) is 0 Å². The van der Waals surface area contributed by atoms with Gasteiger partial charge in [-0.25, -0.2) is 0 Å². The van der Waals surface area contributed by atoms with Crippen LogP contribution in [0.4, 0.5) is 0 Å². The number of aliphatic hydroxyl groups is 2. The molecule has 5 heteroatoms. The van der Waals surface area contributed by atoms with Crippen LogP contribution < -0.4 is 0 Å². The molecule has 0 saturated heterocycles. The van der Waals surface area contributed by atoms with Crippen molar-refractivity contribution in [3.63, 3.8) is 0 Å². The van der Waals surface area contributed by atoms with E-state index in [2.05, 4.69) is 15.9 Å². The summed E-state index contributed by atoms with van der Waals surface area (Å²) in [6.45, 7) is 0. The minimum atomic E-state index is -1.66. The second kappa shape index (κ2) is 1.52. The third-order valence-corrected chi connectivity index (χ3v) is 7.99. The normalized spacial score (nSPS) is 77.3. The summed E-state index contributed by atoms with van der Waals surface area (Å²) in [6.07, 6.45) is 0. The molecule has 0 amide bonds. The fourth-order valence-electron chi connectivity index (χ4n) is 6.26. The first-order valence-corrected chi connectivity index (χ1v) is 6.09. The van der Waals surface area contributed by atoms with Gasteiger partial charge in [0.05, 0.1) is 9.74 Å². The van der Waals surface area contributed by atoms with Gasteiger partial charge >= 0.3 is 5.97 Å². The summed E-state index contributed by atoms with van der Waals surface area (Å²) in [5.74, 6) is -1.90. The highest BCUT2D eigenvalue weighted by Gasteiger charge is 3.09. The Morgan fingerprint density at radius 2 is 1.47 bits per heavy atom. The smallest absolute Gasteiger partial charge is 0.310 e. The number of carboxylic acid groups (broad SMARTS) is 1. The van der Waals surface area contributed by atoms with Crippen LogP contribution in [0.5, 0.6) is 0 Å². The predicted octanol–water partition coefficient (Wildman–Crippen LogP) is -0.363. The minimum absolute atomic E-state index is 0.0179. The summed E-state index contributed by atoms with van der Waals surface area (Å²) in [5, 5.41) is 29.4. The molecule has 0 aromatic rings. The summed E-state index contributed by atoms with van der Waals surface area (Å²) in [6, 6.07) is 0. The standard InChI is InChI=1S/C10H9BrO4/c11-9-4-1-5(9)3-6(10(9,14)15)2(4)8(1,3)7(12)13/h1-6,14-15H,(H,12,13)/t1?,2-,3-,4-,5-,6?,8?,9?/m1/s1. The van der Waals surface area contributed by atoms with Crippen LogP contribution in [-0.4, -0.2) is 31.4 Å². The van der Waals surface area contributed by atoms with Crippen molar-refractivity contribution in [1.29, 1.82) is 0 Å². The molecule has 0 unspecified atom stereocenters. The zero-order valence-corrected chi connectivity index (χ0v) is 9.18. The number of hydrogen-bond donors (Lipinski definition) is 3. The number of hydrogen-bond acceptors (Lipinski definition) is 3. The predicted molar refractivity (Wildman–Crippen MR) is 49.8 cm³/mol. The van der Waals surface area contributed by atoms with E-state index in [0.29, 0.717) is 0 Å². The molecule has 0 aliphatic heterocycles. The van der Waals surface area contributed by atoms with E-state index in [1.807, 2.05) is 0 Å². The molecule has 0 spiro atoms. The number of carbonyl (C=O) groups is 1. The Morgan fingerprint density at radius 1 is 1.00 bits per heavy atom. The lowest BCUT2D eigenvalue weighted by Crippen LogP contribution is -2.94. The SMILES string of the molecule is O=C(O)C12C3[C@@H]4[C@@H]1C1[C@H]2[C@@H]3C4(Br)C1(O)O. The molecule has 6 fully saturated rings. The van der Waals surface area contributed by atoms with Gasteiger partial charge < -0.3 is 15.3 Å². The Morgan fingerprint density at radius 3 is 1.87 bits per heavy atom. The number of carboxylic acids is 1. The largest absolute Gasteiger partial charge is 0.481 e. The zero-order chi connectivity index (χ0) is 10.5. The molecule has 0 radical (unpaired) electrons. The van der Waals surface area contributed by atoms with E-state index in [-0.39, 0.29) is 35.5 Å². The molecule has 0 aromatic heterocycles. The monoisotopic (exact) mass is 272 g/mol. The van der Waals surface area contributed by atoms with E-state index in [0.717, 1.165) is 0 Å². The number of alkyl halides is 1. The molecule has 3 N–H and O–H groups in total. The van der Waals surface area contributed by atoms with Crippen LogP contribution in [-0.2, 0) is 4.79 Å². The van der Waals surface area contributed by atoms with Gasteiger partial charge in [-0.15, -0.1) is 0 Å². The molecule has 0 heterocycles. The molecule has 2 bridgehead atoms. The average Bonchev–Trinajstić information content (AvgIpc) is 2.25. The molecule has 6 aliphatic rings. The quantitative estimate of drug-likeness (QED) is 0.450. The lowest BCUT2D eigenvalue weighted by Gasteiger charge is -2.89. The van der Waals surface area contributed by atoms with Crippen molar-refractivity contribution in [2.75, 3.05) is 0 Å². The van der Waals surface area contributed by atoms with Crippen LogP contribution in [0.2, 0.25) is 0 Å². The average molecular weight is 273 g/mol. The van der Waals surface area contributed by atoms with Gasteiger partial charge in [0.2, 0.25) is 0 Å². The fourth-order valence-corrected chi connectivity index (χ4v) is 7.66.